The van der Waals surface area contributed by atoms with Crippen LogP contribution in [0.15, 0.2) is 6.07 Å². The van der Waals surface area contributed by atoms with Gasteiger partial charge in [0.25, 0.3) is 6.43 Å². The molecular weight excluding hydrogens is 178 g/mol. The topological polar surface area (TPSA) is 56.0 Å². The lowest BCUT2D eigenvalue weighted by Crippen LogP contribution is -2.04. The summed E-state index contributed by atoms with van der Waals surface area (Å²) in [6.07, 6.45) is -2.48. The van der Waals surface area contributed by atoms with Gasteiger partial charge >= 0.3 is 0 Å². The van der Waals surface area contributed by atoms with Crippen LogP contribution in [0.2, 0.25) is 0 Å². The quantitative estimate of drug-likeness (QED) is 0.715. The Balaban J connectivity index is 3.38. The van der Waals surface area contributed by atoms with Crippen LogP contribution in [-0.4, -0.2) is 11.3 Å². The number of alkyl halides is 2. The van der Waals surface area contributed by atoms with Crippen molar-refractivity contribution in [2.75, 3.05) is 5.73 Å². The second kappa shape index (κ2) is 3.47. The van der Waals surface area contributed by atoms with Crippen LogP contribution in [0.5, 0.6) is 0 Å². The van der Waals surface area contributed by atoms with Crippen LogP contribution in [0, 0.1) is 6.92 Å². The lowest BCUT2D eigenvalue weighted by molar-refractivity contribution is 0.110. The third-order valence-corrected chi connectivity index (χ3v) is 1.57. The number of nitrogens with zero attached hydrogens (tertiary/aromatic N) is 1. The summed E-state index contributed by atoms with van der Waals surface area (Å²) in [5.41, 5.74) is 5.01. The number of carbonyl (C=O) groups excluding carboxylic acids is 1. The van der Waals surface area contributed by atoms with Crippen molar-refractivity contribution in [2.45, 2.75) is 13.3 Å². The first-order chi connectivity index (χ1) is 6.06. The van der Waals surface area contributed by atoms with Crippen LogP contribution in [0.3, 0.4) is 0 Å². The van der Waals surface area contributed by atoms with Crippen LogP contribution >= 0.6 is 0 Å². The van der Waals surface area contributed by atoms with Crippen molar-refractivity contribution in [1.82, 2.24) is 4.98 Å². The van der Waals surface area contributed by atoms with Gasteiger partial charge in [0, 0.05) is 11.4 Å². The Morgan fingerprint density at radius 1 is 1.62 bits per heavy atom. The largest absolute Gasteiger partial charge is 0.398 e. The van der Waals surface area contributed by atoms with Crippen molar-refractivity contribution in [3.63, 3.8) is 0 Å². The van der Waals surface area contributed by atoms with Gasteiger partial charge in [0.05, 0.1) is 5.56 Å². The molecule has 2 N–H and O–H groups in total. The lowest BCUT2D eigenvalue weighted by atomic mass is 10.1. The summed E-state index contributed by atoms with van der Waals surface area (Å²) in [6, 6.07) is 1.38. The van der Waals surface area contributed by atoms with Gasteiger partial charge in [-0.2, -0.15) is 0 Å². The van der Waals surface area contributed by atoms with Crippen LogP contribution in [-0.2, 0) is 0 Å². The first kappa shape index (κ1) is 9.57. The number of anilines is 1. The molecule has 5 heteroatoms. The van der Waals surface area contributed by atoms with Crippen molar-refractivity contribution < 1.29 is 13.6 Å². The molecule has 1 aromatic rings. The predicted octanol–water partition coefficient (Wildman–Crippen LogP) is 1.72. The third-order valence-electron chi connectivity index (χ3n) is 1.57. The Kier molecular flexibility index (Phi) is 2.55. The molecule has 0 atom stereocenters. The molecular formula is C8H8F2N2O. The van der Waals surface area contributed by atoms with Crippen LogP contribution in [0.4, 0.5) is 14.5 Å². The number of aldehydes is 1. The summed E-state index contributed by atoms with van der Waals surface area (Å²) < 4.78 is 24.6. The maximum Gasteiger partial charge on any atom is 0.281 e. The molecule has 1 aromatic heterocycles. The molecule has 0 aliphatic rings. The summed E-state index contributed by atoms with van der Waals surface area (Å²) in [6.45, 7) is 1.54. The van der Waals surface area contributed by atoms with Crippen LogP contribution < -0.4 is 5.73 Å². The highest BCUT2D eigenvalue weighted by Crippen LogP contribution is 2.24. The molecule has 0 fully saturated rings. The number of nitrogens with two attached hydrogens (primary N) is 1. The van der Waals surface area contributed by atoms with Gasteiger partial charge in [0.15, 0.2) is 6.29 Å². The van der Waals surface area contributed by atoms with Crippen molar-refractivity contribution in [3.8, 4) is 0 Å². The third kappa shape index (κ3) is 1.80. The molecule has 0 aliphatic heterocycles. The molecule has 0 bridgehead atoms. The zero-order valence-electron chi connectivity index (χ0n) is 6.92. The molecule has 0 aromatic carbocycles. The van der Waals surface area contributed by atoms with E-state index in [2.05, 4.69) is 4.98 Å². The highest BCUT2D eigenvalue weighted by atomic mass is 19.3. The number of rotatable bonds is 2. The molecule has 0 amide bonds. The molecule has 0 saturated heterocycles. The van der Waals surface area contributed by atoms with Crippen molar-refractivity contribution >= 4 is 12.0 Å². The molecule has 1 rings (SSSR count). The van der Waals surface area contributed by atoms with Gasteiger partial charge < -0.3 is 5.73 Å². The fourth-order valence-electron chi connectivity index (χ4n) is 1.03. The number of aromatic nitrogens is 1. The maximum atomic E-state index is 12.3. The molecule has 13 heavy (non-hydrogen) atoms. The van der Waals surface area contributed by atoms with Gasteiger partial charge in [-0.25, -0.2) is 8.78 Å². The molecule has 1 heterocycles. The minimum atomic E-state index is -2.78. The van der Waals surface area contributed by atoms with Crippen molar-refractivity contribution in [3.05, 3.63) is 23.0 Å². The Labute approximate surface area is 73.6 Å². The molecule has 70 valence electrons. The van der Waals surface area contributed by atoms with E-state index in [1.54, 1.807) is 0 Å². The monoisotopic (exact) mass is 186 g/mol. The van der Waals surface area contributed by atoms with Crippen LogP contribution in [0.1, 0.15) is 28.2 Å². The molecule has 0 spiro atoms. The van der Waals surface area contributed by atoms with Gasteiger partial charge in [0.1, 0.15) is 5.69 Å². The van der Waals surface area contributed by atoms with E-state index < -0.39 is 12.1 Å². The van der Waals surface area contributed by atoms with E-state index in [1.165, 1.54) is 13.0 Å². The highest BCUT2D eigenvalue weighted by molar-refractivity contribution is 5.84. The highest BCUT2D eigenvalue weighted by Gasteiger charge is 2.17. The van der Waals surface area contributed by atoms with Crippen LogP contribution in [0.25, 0.3) is 0 Å². The molecule has 3 nitrogen and oxygen atoms in total. The lowest BCUT2D eigenvalue weighted by Gasteiger charge is -2.06. The second-order valence-electron chi connectivity index (χ2n) is 2.57. The second-order valence-corrected chi connectivity index (χ2v) is 2.57. The molecule has 0 radical (unpaired) electrons. The fraction of sp³-hybridized carbons (Fsp3) is 0.250. The van der Waals surface area contributed by atoms with E-state index in [4.69, 9.17) is 5.73 Å². The Bertz CT molecular complexity index is 339. The maximum absolute atomic E-state index is 12.3. The van der Waals surface area contributed by atoms with Crippen molar-refractivity contribution in [2.24, 2.45) is 0 Å². The number of halogens is 2. The summed E-state index contributed by atoms with van der Waals surface area (Å²) in [5.74, 6) is 0. The fourth-order valence-corrected chi connectivity index (χ4v) is 1.03. The first-order valence-corrected chi connectivity index (χ1v) is 3.56. The first-order valence-electron chi connectivity index (χ1n) is 3.56. The average molecular weight is 186 g/mol. The minimum Gasteiger partial charge on any atom is -0.398 e. The van der Waals surface area contributed by atoms with E-state index in [9.17, 15) is 13.6 Å². The van der Waals surface area contributed by atoms with Gasteiger partial charge in [-0.05, 0) is 13.0 Å². The zero-order chi connectivity index (χ0) is 10.0. The SMILES string of the molecule is Cc1cc(N)c(C=O)c(C(F)F)n1. The van der Waals surface area contributed by atoms with E-state index >= 15 is 0 Å². The number of hydrogen-bond donors (Lipinski definition) is 1. The summed E-state index contributed by atoms with van der Waals surface area (Å²) in [7, 11) is 0. The molecule has 0 aliphatic carbocycles. The number of hydrogen-bond acceptors (Lipinski definition) is 3. The van der Waals surface area contributed by atoms with E-state index in [-0.39, 0.29) is 11.3 Å². The number of carbonyl (C=O) groups is 1. The number of pyridine rings is 1. The summed E-state index contributed by atoms with van der Waals surface area (Å²) >= 11 is 0. The Hall–Kier alpha value is -1.52. The minimum absolute atomic E-state index is 0.0396. The Morgan fingerprint density at radius 3 is 2.69 bits per heavy atom. The predicted molar refractivity (Wildman–Crippen MR) is 43.7 cm³/mol. The summed E-state index contributed by atoms with van der Waals surface area (Å²) in [4.78, 5) is 14.0. The van der Waals surface area contributed by atoms with E-state index in [1.807, 2.05) is 0 Å². The Morgan fingerprint density at radius 2 is 2.23 bits per heavy atom. The van der Waals surface area contributed by atoms with E-state index in [0.717, 1.165) is 0 Å². The van der Waals surface area contributed by atoms with Gasteiger partial charge in [-0.15, -0.1) is 0 Å². The normalized spacial score (nSPS) is 10.5. The van der Waals surface area contributed by atoms with Crippen molar-refractivity contribution in [1.29, 1.82) is 0 Å². The van der Waals surface area contributed by atoms with Gasteiger partial charge in [-0.3, -0.25) is 9.78 Å². The number of nitrogen functional groups attached to an aromatic ring is 1. The standard InChI is InChI=1S/C8H8F2N2O/c1-4-2-6(11)5(3-13)7(12-4)8(9)10/h2-3,8H,1H3,(H2,11,12). The zero-order valence-corrected chi connectivity index (χ0v) is 6.92. The molecule has 0 unspecified atom stereocenters. The number of aryl methyl sites for hydroxylation is 1. The van der Waals surface area contributed by atoms with Gasteiger partial charge in [0.2, 0.25) is 0 Å². The smallest absolute Gasteiger partial charge is 0.281 e. The summed E-state index contributed by atoms with van der Waals surface area (Å²) in [5, 5.41) is 0. The molecule has 0 saturated carbocycles. The van der Waals surface area contributed by atoms with Gasteiger partial charge in [-0.1, -0.05) is 0 Å². The average Bonchev–Trinajstić information content (AvgIpc) is 2.02. The van der Waals surface area contributed by atoms with E-state index in [0.29, 0.717) is 12.0 Å².